The van der Waals surface area contributed by atoms with Gasteiger partial charge in [0.1, 0.15) is 23.4 Å². The highest BCUT2D eigenvalue weighted by atomic mass is 32.2. The number of amides is 3. The van der Waals surface area contributed by atoms with Gasteiger partial charge in [0.15, 0.2) is 0 Å². The third-order valence-electron chi connectivity index (χ3n) is 5.33. The van der Waals surface area contributed by atoms with Gasteiger partial charge in [-0.2, -0.15) is 11.8 Å². The highest BCUT2D eigenvalue weighted by molar-refractivity contribution is 7.98. The maximum Gasteiger partial charge on any atom is 0.408 e. The summed E-state index contributed by atoms with van der Waals surface area (Å²) in [6.45, 7) is 5.24. The summed E-state index contributed by atoms with van der Waals surface area (Å²) in [6.07, 6.45) is 7.07. The Labute approximate surface area is 223 Å². The van der Waals surface area contributed by atoms with Crippen LogP contribution in [-0.2, 0) is 14.3 Å². The molecule has 3 amide bonds. The van der Waals surface area contributed by atoms with E-state index in [0.29, 0.717) is 34.7 Å². The molecule has 2 aromatic rings. The Morgan fingerprint density at radius 3 is 2.22 bits per heavy atom. The molecule has 2 atom stereocenters. The number of nitrogens with one attached hydrogen (secondary N) is 2. The molecule has 0 aliphatic heterocycles. The van der Waals surface area contributed by atoms with E-state index in [9.17, 15) is 14.4 Å². The van der Waals surface area contributed by atoms with Gasteiger partial charge < -0.3 is 25.0 Å². The summed E-state index contributed by atoms with van der Waals surface area (Å²) in [7, 11) is 3.10. The lowest BCUT2D eigenvalue weighted by atomic mass is 10.0. The summed E-state index contributed by atoms with van der Waals surface area (Å²) >= 11 is 1.55. The molecule has 198 valence electrons. The van der Waals surface area contributed by atoms with Crippen molar-refractivity contribution in [1.82, 2.24) is 10.2 Å². The highest BCUT2D eigenvalue weighted by Gasteiger charge is 2.34. The topological polar surface area (TPSA) is 97.0 Å². The van der Waals surface area contributed by atoms with Crippen LogP contribution in [0.2, 0.25) is 0 Å². The number of anilines is 1. The quantitative estimate of drug-likeness (QED) is 0.445. The molecule has 0 bridgehead atoms. The Balaban J connectivity index is 2.36. The molecule has 0 heterocycles. The Morgan fingerprint density at radius 2 is 1.70 bits per heavy atom. The average molecular weight is 526 g/mol. The number of ether oxygens (including phenoxy) is 2. The summed E-state index contributed by atoms with van der Waals surface area (Å²) < 4.78 is 10.5. The van der Waals surface area contributed by atoms with E-state index in [1.54, 1.807) is 95.2 Å². The minimum atomic E-state index is -0.987. The van der Waals surface area contributed by atoms with E-state index in [1.165, 1.54) is 4.90 Å². The largest absolute Gasteiger partial charge is 0.497 e. The Morgan fingerprint density at radius 1 is 1.08 bits per heavy atom. The van der Waals surface area contributed by atoms with Gasteiger partial charge in [-0.25, -0.2) is 4.79 Å². The van der Waals surface area contributed by atoms with Crippen molar-refractivity contribution in [3.8, 4) is 18.1 Å². The zero-order chi connectivity index (χ0) is 27.6. The maximum atomic E-state index is 13.6. The van der Waals surface area contributed by atoms with Crippen molar-refractivity contribution in [1.29, 1.82) is 0 Å². The monoisotopic (exact) mass is 525 g/mol. The molecule has 0 radical (unpaired) electrons. The molecule has 0 aliphatic carbocycles. The standard InChI is InChI=1S/C28H35N3O5S/c1-8-19-9-11-20(12-10-19)24(25(32)29-21-13-15-22(35-6)16-14-21)31(5)26(33)23(17-18-37-7)30-27(34)36-28(2,3)4/h1,9-16,23-24H,17-18H2,2-7H3,(H,29,32)(H,30,34). The number of terminal acetylenes is 1. The van der Waals surface area contributed by atoms with E-state index in [0.717, 1.165) is 0 Å². The zero-order valence-electron chi connectivity index (χ0n) is 22.2. The molecule has 0 aromatic heterocycles. The molecule has 2 N–H and O–H groups in total. The van der Waals surface area contributed by atoms with Crippen molar-refractivity contribution < 1.29 is 23.9 Å². The Kier molecular flexibility index (Phi) is 10.9. The van der Waals surface area contributed by atoms with Crippen LogP contribution in [0.25, 0.3) is 0 Å². The molecule has 8 nitrogen and oxygen atoms in total. The van der Waals surface area contributed by atoms with Crippen LogP contribution < -0.4 is 15.4 Å². The van der Waals surface area contributed by atoms with Crippen LogP contribution >= 0.6 is 11.8 Å². The molecule has 37 heavy (non-hydrogen) atoms. The van der Waals surface area contributed by atoms with Crippen molar-refractivity contribution in [3.05, 3.63) is 59.7 Å². The number of carbonyl (C=O) groups is 3. The van der Waals surface area contributed by atoms with Crippen molar-refractivity contribution >= 4 is 35.4 Å². The smallest absolute Gasteiger partial charge is 0.408 e. The summed E-state index contributed by atoms with van der Waals surface area (Å²) in [5, 5.41) is 5.54. The zero-order valence-corrected chi connectivity index (χ0v) is 23.0. The molecule has 9 heteroatoms. The number of hydrogen-bond acceptors (Lipinski definition) is 6. The average Bonchev–Trinajstić information content (AvgIpc) is 2.86. The van der Waals surface area contributed by atoms with Crippen LogP contribution in [0.3, 0.4) is 0 Å². The van der Waals surface area contributed by atoms with Gasteiger partial charge in [0.05, 0.1) is 7.11 Å². The first-order valence-corrected chi connectivity index (χ1v) is 13.1. The van der Waals surface area contributed by atoms with Gasteiger partial charge in [-0.05, 0) is 81.2 Å². The van der Waals surface area contributed by atoms with Crippen molar-refractivity contribution in [3.63, 3.8) is 0 Å². The number of nitrogens with zero attached hydrogens (tertiary/aromatic N) is 1. The van der Waals surface area contributed by atoms with E-state index < -0.39 is 35.6 Å². The van der Waals surface area contributed by atoms with Crippen LogP contribution in [0.4, 0.5) is 10.5 Å². The van der Waals surface area contributed by atoms with E-state index in [-0.39, 0.29) is 0 Å². The van der Waals surface area contributed by atoms with Crippen molar-refractivity contribution in [2.75, 3.05) is 31.5 Å². The summed E-state index contributed by atoms with van der Waals surface area (Å²) in [4.78, 5) is 41.0. The van der Waals surface area contributed by atoms with Gasteiger partial charge in [0.25, 0.3) is 5.91 Å². The second-order valence-corrected chi connectivity index (χ2v) is 10.3. The Bertz CT molecular complexity index is 1100. The second kappa shape index (κ2) is 13.6. The lowest BCUT2D eigenvalue weighted by Crippen LogP contribution is -2.51. The number of carbonyl (C=O) groups excluding carboxylic acids is 3. The molecule has 2 rings (SSSR count). The number of hydrogen-bond donors (Lipinski definition) is 2. The van der Waals surface area contributed by atoms with Gasteiger partial charge >= 0.3 is 6.09 Å². The molecule has 0 fully saturated rings. The SMILES string of the molecule is C#Cc1ccc(C(C(=O)Nc2ccc(OC)cc2)N(C)C(=O)C(CCSC)NC(=O)OC(C)(C)C)cc1. The van der Waals surface area contributed by atoms with E-state index in [2.05, 4.69) is 16.6 Å². The normalized spacial score (nSPS) is 12.5. The number of rotatable bonds is 10. The van der Waals surface area contributed by atoms with Gasteiger partial charge in [-0.15, -0.1) is 6.42 Å². The lowest BCUT2D eigenvalue weighted by molar-refractivity contribution is -0.139. The first-order valence-electron chi connectivity index (χ1n) is 11.8. The fraction of sp³-hybridized carbons (Fsp3) is 0.393. The van der Waals surface area contributed by atoms with Crippen LogP contribution in [0.1, 0.15) is 44.4 Å². The number of benzene rings is 2. The van der Waals surface area contributed by atoms with Gasteiger partial charge in [0, 0.05) is 18.3 Å². The summed E-state index contributed by atoms with van der Waals surface area (Å²) in [6, 6.07) is 11.9. The maximum absolute atomic E-state index is 13.6. The highest BCUT2D eigenvalue weighted by Crippen LogP contribution is 2.25. The minimum absolute atomic E-state index is 0.367. The van der Waals surface area contributed by atoms with Crippen LogP contribution in [0.15, 0.2) is 48.5 Å². The number of likely N-dealkylation sites (N-methyl/N-ethyl adjacent to an activating group) is 1. The van der Waals surface area contributed by atoms with Crippen LogP contribution in [0, 0.1) is 12.3 Å². The van der Waals surface area contributed by atoms with Crippen LogP contribution in [-0.4, -0.2) is 60.6 Å². The third-order valence-corrected chi connectivity index (χ3v) is 5.98. The van der Waals surface area contributed by atoms with E-state index in [4.69, 9.17) is 15.9 Å². The second-order valence-electron chi connectivity index (χ2n) is 9.32. The Hall–Kier alpha value is -3.64. The fourth-order valence-corrected chi connectivity index (χ4v) is 3.98. The number of alkyl carbamates (subject to hydrolysis) is 1. The summed E-state index contributed by atoms with van der Waals surface area (Å²) in [5.74, 6) is 2.98. The van der Waals surface area contributed by atoms with Crippen molar-refractivity contribution in [2.45, 2.75) is 44.9 Å². The number of thioether (sulfide) groups is 1. The number of methoxy groups -OCH3 is 1. The molecular weight excluding hydrogens is 490 g/mol. The molecule has 2 aromatic carbocycles. The van der Waals surface area contributed by atoms with E-state index >= 15 is 0 Å². The van der Waals surface area contributed by atoms with E-state index in [1.807, 2.05) is 6.26 Å². The van der Waals surface area contributed by atoms with Crippen LogP contribution in [0.5, 0.6) is 5.75 Å². The molecule has 2 unspecified atom stereocenters. The summed E-state index contributed by atoms with van der Waals surface area (Å²) in [5.41, 5.74) is 1.05. The van der Waals surface area contributed by atoms with Crippen molar-refractivity contribution in [2.24, 2.45) is 0 Å². The predicted molar refractivity (Wildman–Crippen MR) is 148 cm³/mol. The first kappa shape index (κ1) is 29.6. The molecular formula is C28H35N3O5S. The molecule has 0 aliphatic rings. The fourth-order valence-electron chi connectivity index (χ4n) is 3.51. The minimum Gasteiger partial charge on any atom is -0.497 e. The molecule has 0 saturated heterocycles. The predicted octanol–water partition coefficient (Wildman–Crippen LogP) is 4.46. The van der Waals surface area contributed by atoms with Gasteiger partial charge in [0.2, 0.25) is 5.91 Å². The molecule has 0 saturated carbocycles. The first-order chi connectivity index (χ1) is 17.5. The van der Waals surface area contributed by atoms with Gasteiger partial charge in [-0.3, -0.25) is 9.59 Å². The lowest BCUT2D eigenvalue weighted by Gasteiger charge is -2.31. The van der Waals surface area contributed by atoms with Gasteiger partial charge in [-0.1, -0.05) is 18.1 Å². The third kappa shape index (κ3) is 9.07. The molecule has 0 spiro atoms.